The molecule has 1 rings (SSSR count). The average Bonchev–Trinajstić information content (AvgIpc) is 2.39. The molecule has 1 aromatic rings. The zero-order chi connectivity index (χ0) is 15.1. The smallest absolute Gasteiger partial charge is 0.322 e. The number of nitrogens with one attached hydrogen (secondary N) is 2. The van der Waals surface area contributed by atoms with E-state index in [4.69, 9.17) is 5.73 Å². The molecule has 1 aromatic carbocycles. The number of hydrogen-bond donors (Lipinski definition) is 3. The molecule has 1 atom stereocenters. The van der Waals surface area contributed by atoms with Crippen LogP contribution in [0.25, 0.3) is 0 Å². The summed E-state index contributed by atoms with van der Waals surface area (Å²) < 4.78 is 0. The first-order valence-electron chi connectivity index (χ1n) is 6.58. The Labute approximate surface area is 119 Å². The van der Waals surface area contributed by atoms with Gasteiger partial charge in [-0.15, -0.1) is 0 Å². The van der Waals surface area contributed by atoms with Crippen molar-refractivity contribution >= 4 is 17.6 Å². The fourth-order valence-corrected chi connectivity index (χ4v) is 1.66. The number of hydrogen-bond acceptors (Lipinski definition) is 3. The number of carbonyl (C=O) groups excluding carboxylic acids is 2. The molecule has 0 heterocycles. The number of anilines is 1. The Morgan fingerprint density at radius 3 is 2.70 bits per heavy atom. The number of carbonyl (C=O) groups is 2. The van der Waals surface area contributed by atoms with E-state index < -0.39 is 0 Å². The van der Waals surface area contributed by atoms with Crippen LogP contribution in [-0.2, 0) is 4.79 Å². The van der Waals surface area contributed by atoms with Crippen LogP contribution >= 0.6 is 0 Å². The highest BCUT2D eigenvalue weighted by Gasteiger charge is 2.12. The lowest BCUT2D eigenvalue weighted by molar-refractivity contribution is -0.121. The summed E-state index contributed by atoms with van der Waals surface area (Å²) in [5.74, 6) is -0.186. The number of nitrogens with two attached hydrogens (primary N) is 1. The van der Waals surface area contributed by atoms with Crippen LogP contribution in [-0.4, -0.2) is 37.0 Å². The van der Waals surface area contributed by atoms with E-state index in [-0.39, 0.29) is 24.5 Å². The topological polar surface area (TPSA) is 87.5 Å². The molecule has 0 radical (unpaired) electrons. The Kier molecular flexibility index (Phi) is 5.99. The maximum atomic E-state index is 11.9. The molecular weight excluding hydrogens is 256 g/mol. The Bertz CT molecular complexity index is 474. The summed E-state index contributed by atoms with van der Waals surface area (Å²) in [5.41, 5.74) is 7.40. The maximum absolute atomic E-state index is 11.9. The van der Waals surface area contributed by atoms with Crippen LogP contribution in [0.2, 0.25) is 0 Å². The van der Waals surface area contributed by atoms with E-state index in [0.29, 0.717) is 12.2 Å². The van der Waals surface area contributed by atoms with E-state index >= 15 is 0 Å². The Hall–Kier alpha value is -2.08. The van der Waals surface area contributed by atoms with Crippen molar-refractivity contribution in [2.45, 2.75) is 19.9 Å². The molecular formula is C14H22N4O2. The van der Waals surface area contributed by atoms with Gasteiger partial charge in [0.05, 0.1) is 0 Å². The Morgan fingerprint density at radius 1 is 1.40 bits per heavy atom. The van der Waals surface area contributed by atoms with Gasteiger partial charge in [-0.1, -0.05) is 12.1 Å². The molecule has 0 aromatic heterocycles. The SMILES string of the molecule is CCNC(=O)CN(C)C(=O)Nc1cccc(C(C)N)c1. The predicted molar refractivity (Wildman–Crippen MR) is 79.4 cm³/mol. The number of urea groups is 1. The lowest BCUT2D eigenvalue weighted by Gasteiger charge is -2.18. The van der Waals surface area contributed by atoms with Crippen molar-refractivity contribution in [1.82, 2.24) is 10.2 Å². The molecule has 1 unspecified atom stereocenters. The molecule has 0 aliphatic carbocycles. The van der Waals surface area contributed by atoms with Crippen molar-refractivity contribution in [2.75, 3.05) is 25.5 Å². The minimum absolute atomic E-state index is 0.0205. The van der Waals surface area contributed by atoms with Gasteiger partial charge in [0.25, 0.3) is 0 Å². The second-order valence-corrected chi connectivity index (χ2v) is 4.65. The van der Waals surface area contributed by atoms with Crippen LogP contribution < -0.4 is 16.4 Å². The second-order valence-electron chi connectivity index (χ2n) is 4.65. The molecule has 20 heavy (non-hydrogen) atoms. The highest BCUT2D eigenvalue weighted by Crippen LogP contribution is 2.15. The zero-order valence-corrected chi connectivity index (χ0v) is 12.1. The third-order valence-corrected chi connectivity index (χ3v) is 2.77. The van der Waals surface area contributed by atoms with Crippen LogP contribution in [0.15, 0.2) is 24.3 Å². The summed E-state index contributed by atoms with van der Waals surface area (Å²) in [6.45, 7) is 4.27. The van der Waals surface area contributed by atoms with Crippen LogP contribution in [0, 0.1) is 0 Å². The van der Waals surface area contributed by atoms with Crippen LogP contribution in [0.5, 0.6) is 0 Å². The molecule has 6 heteroatoms. The molecule has 0 bridgehead atoms. The average molecular weight is 278 g/mol. The van der Waals surface area contributed by atoms with Crippen LogP contribution in [0.4, 0.5) is 10.5 Å². The van der Waals surface area contributed by atoms with E-state index in [1.54, 1.807) is 13.1 Å². The third kappa shape index (κ3) is 4.89. The van der Waals surface area contributed by atoms with Gasteiger partial charge in [-0.2, -0.15) is 0 Å². The van der Waals surface area contributed by atoms with E-state index in [1.165, 1.54) is 4.90 Å². The van der Waals surface area contributed by atoms with E-state index in [0.717, 1.165) is 5.56 Å². The molecule has 0 saturated heterocycles. The molecule has 3 amide bonds. The molecule has 0 aliphatic rings. The van der Waals surface area contributed by atoms with Crippen LogP contribution in [0.3, 0.4) is 0 Å². The second kappa shape index (κ2) is 7.49. The predicted octanol–water partition coefficient (Wildman–Crippen LogP) is 1.31. The van der Waals surface area contributed by atoms with E-state index in [2.05, 4.69) is 10.6 Å². The van der Waals surface area contributed by atoms with Crippen molar-refractivity contribution in [2.24, 2.45) is 5.73 Å². The minimum atomic E-state index is -0.335. The molecule has 0 spiro atoms. The molecule has 4 N–H and O–H groups in total. The highest BCUT2D eigenvalue weighted by molar-refractivity contribution is 5.92. The van der Waals surface area contributed by atoms with Gasteiger partial charge in [0, 0.05) is 25.3 Å². The minimum Gasteiger partial charge on any atom is -0.355 e. The molecule has 6 nitrogen and oxygen atoms in total. The van der Waals surface area contributed by atoms with Gasteiger partial charge < -0.3 is 21.3 Å². The Balaban J connectivity index is 2.61. The lowest BCUT2D eigenvalue weighted by Crippen LogP contribution is -2.40. The third-order valence-electron chi connectivity index (χ3n) is 2.77. The Morgan fingerprint density at radius 2 is 2.10 bits per heavy atom. The van der Waals surface area contributed by atoms with Gasteiger partial charge in [0.2, 0.25) is 5.91 Å². The quantitative estimate of drug-likeness (QED) is 0.758. The molecule has 0 saturated carbocycles. The zero-order valence-electron chi connectivity index (χ0n) is 12.1. The number of nitrogens with zero attached hydrogens (tertiary/aromatic N) is 1. The number of likely N-dealkylation sites (N-methyl/N-ethyl adjacent to an activating group) is 2. The number of rotatable bonds is 5. The number of benzene rings is 1. The van der Waals surface area contributed by atoms with Gasteiger partial charge in [0.1, 0.15) is 6.54 Å². The lowest BCUT2D eigenvalue weighted by atomic mass is 10.1. The highest BCUT2D eigenvalue weighted by atomic mass is 16.2. The molecule has 0 fully saturated rings. The molecule has 0 aliphatic heterocycles. The van der Waals surface area contributed by atoms with Crippen molar-refractivity contribution in [3.63, 3.8) is 0 Å². The van der Waals surface area contributed by atoms with Gasteiger partial charge in [-0.05, 0) is 31.5 Å². The van der Waals surface area contributed by atoms with Gasteiger partial charge in [-0.3, -0.25) is 4.79 Å². The van der Waals surface area contributed by atoms with Gasteiger partial charge in [0.15, 0.2) is 0 Å². The summed E-state index contributed by atoms with van der Waals surface area (Å²) in [7, 11) is 1.57. The summed E-state index contributed by atoms with van der Waals surface area (Å²) in [4.78, 5) is 24.7. The summed E-state index contributed by atoms with van der Waals surface area (Å²) in [5, 5.41) is 5.38. The van der Waals surface area contributed by atoms with Crippen molar-refractivity contribution in [3.8, 4) is 0 Å². The van der Waals surface area contributed by atoms with Crippen molar-refractivity contribution in [3.05, 3.63) is 29.8 Å². The van der Waals surface area contributed by atoms with E-state index in [1.807, 2.05) is 32.0 Å². The monoisotopic (exact) mass is 278 g/mol. The van der Waals surface area contributed by atoms with E-state index in [9.17, 15) is 9.59 Å². The van der Waals surface area contributed by atoms with Crippen LogP contribution in [0.1, 0.15) is 25.5 Å². The fraction of sp³-hybridized carbons (Fsp3) is 0.429. The fourth-order valence-electron chi connectivity index (χ4n) is 1.66. The van der Waals surface area contributed by atoms with Gasteiger partial charge in [-0.25, -0.2) is 4.79 Å². The summed E-state index contributed by atoms with van der Waals surface area (Å²) in [6.07, 6.45) is 0. The standard InChI is InChI=1S/C14H22N4O2/c1-4-16-13(19)9-18(3)14(20)17-12-7-5-6-11(8-12)10(2)15/h5-8,10H,4,9,15H2,1-3H3,(H,16,19)(H,17,20). The maximum Gasteiger partial charge on any atom is 0.322 e. The first-order chi connectivity index (χ1) is 9.43. The van der Waals surface area contributed by atoms with Crippen molar-refractivity contribution < 1.29 is 9.59 Å². The largest absolute Gasteiger partial charge is 0.355 e. The summed E-state index contributed by atoms with van der Waals surface area (Å²) in [6, 6.07) is 6.90. The number of amides is 3. The van der Waals surface area contributed by atoms with Crippen molar-refractivity contribution in [1.29, 1.82) is 0 Å². The first-order valence-corrected chi connectivity index (χ1v) is 6.58. The first kappa shape index (κ1) is 16.0. The normalized spacial score (nSPS) is 11.6. The summed E-state index contributed by atoms with van der Waals surface area (Å²) >= 11 is 0. The van der Waals surface area contributed by atoms with Gasteiger partial charge >= 0.3 is 6.03 Å². The molecule has 110 valence electrons.